The molecule has 12 heteroatoms. The second-order valence-corrected chi connectivity index (χ2v) is 17.4. The Bertz CT molecular complexity index is 2770. The molecule has 0 saturated heterocycles. The number of rotatable bonds is 4. The van der Waals surface area contributed by atoms with Crippen molar-refractivity contribution in [3.63, 3.8) is 0 Å². The zero-order chi connectivity index (χ0) is 47.7. The standard InChI is InChI=1S/2C20H16O4.C15H12O2.2CH4.B2/c2*1-3-12-5-4-6-13-14(12)8-15-16(13)9-18(21)17(15)10-23-19-7-11(2)20(22)24-19;1-2-9-4-3-5-10-11(9)6-12-13(10)7-15(17)14(12)8-16;;;1-2/h2*1,4-7,10,15-16,19H,8-9H2,2H3;1,3-5,8,12-13,16H,6-7H2;2*1H4;/b2*17-10+;14-8-;;;/t15-,16+,19+;15-,16+,19-;;;;/m00..../s1. The van der Waals surface area contributed by atoms with E-state index in [2.05, 4.69) is 51.4 Å². The fourth-order valence-electron chi connectivity index (χ4n) is 10.9. The number of benzene rings is 3. The predicted molar refractivity (Wildman–Crippen MR) is 263 cm³/mol. The second kappa shape index (κ2) is 21.2. The molecule has 346 valence electrons. The highest BCUT2D eigenvalue weighted by Crippen LogP contribution is 2.52. The molecule has 8 aliphatic rings. The molecule has 2 aliphatic heterocycles. The summed E-state index contributed by atoms with van der Waals surface area (Å²) in [5.41, 5.74) is 12.7. The van der Waals surface area contributed by atoms with Gasteiger partial charge in [-0.05, 0) is 102 Å². The van der Waals surface area contributed by atoms with E-state index in [1.54, 1.807) is 26.0 Å². The number of aliphatic hydroxyl groups is 1. The summed E-state index contributed by atoms with van der Waals surface area (Å²) >= 11 is 0. The predicted octanol–water partition coefficient (Wildman–Crippen LogP) is 8.10. The monoisotopic (exact) mass is 918 g/mol. The molecule has 3 aromatic rings. The first-order valence-corrected chi connectivity index (χ1v) is 21.9. The summed E-state index contributed by atoms with van der Waals surface area (Å²) in [6.07, 6.45) is 26.0. The summed E-state index contributed by atoms with van der Waals surface area (Å²) in [5, 5.41) is 9.17. The largest absolute Gasteiger partial charge is 0.515 e. The van der Waals surface area contributed by atoms with Gasteiger partial charge in [0.05, 0.1) is 18.8 Å². The smallest absolute Gasteiger partial charge is 0.336 e. The fourth-order valence-corrected chi connectivity index (χ4v) is 10.9. The second-order valence-electron chi connectivity index (χ2n) is 17.4. The molecule has 0 spiro atoms. The zero-order valence-corrected chi connectivity index (χ0v) is 37.0. The maximum absolute atomic E-state index is 12.4. The number of carbonyl (C=O) groups excluding carboxylic acids is 5. The van der Waals surface area contributed by atoms with Crippen LogP contribution in [0.3, 0.4) is 0 Å². The summed E-state index contributed by atoms with van der Waals surface area (Å²) in [4.78, 5) is 59.2. The van der Waals surface area contributed by atoms with Crippen LogP contribution in [-0.4, -0.2) is 62.4 Å². The van der Waals surface area contributed by atoms with Gasteiger partial charge < -0.3 is 24.1 Å². The number of esters is 2. The van der Waals surface area contributed by atoms with Crippen molar-refractivity contribution in [3.8, 4) is 37.0 Å². The molecule has 6 aliphatic carbocycles. The highest BCUT2D eigenvalue weighted by atomic mass is 16.7. The van der Waals surface area contributed by atoms with E-state index in [4.69, 9.17) is 43.3 Å². The molecular weight excluding hydrogens is 866 g/mol. The van der Waals surface area contributed by atoms with Crippen LogP contribution in [0.2, 0.25) is 0 Å². The van der Waals surface area contributed by atoms with Gasteiger partial charge in [-0.25, -0.2) is 9.59 Å². The quantitative estimate of drug-likeness (QED) is 0.0897. The average Bonchev–Trinajstić information content (AvgIpc) is 4.22. The van der Waals surface area contributed by atoms with Crippen molar-refractivity contribution in [1.82, 2.24) is 0 Å². The van der Waals surface area contributed by atoms with Gasteiger partial charge in [0.25, 0.3) is 12.6 Å². The summed E-state index contributed by atoms with van der Waals surface area (Å²) < 4.78 is 21.1. The van der Waals surface area contributed by atoms with Gasteiger partial charge in [-0.3, -0.25) is 14.4 Å². The van der Waals surface area contributed by atoms with Crippen LogP contribution in [0.1, 0.15) is 116 Å². The topological polar surface area (TPSA) is 143 Å². The SMILES string of the molecule is C.C.C#Cc1cccc2c1CC1/C(=C/O)C(=O)CC21.C#Cc1cccc2c1C[C@@H]1/C(=C\O[C@@H]3C=C(C)C(=O)O3)C(=O)C[C@H]21.C#Cc1cccc2c1C[C@@H]1/C(=C\O[C@H]3C=C(C)C(=O)O3)C(=O)C[C@H]21.[B][B]. The van der Waals surface area contributed by atoms with Gasteiger partial charge >= 0.3 is 11.9 Å². The van der Waals surface area contributed by atoms with E-state index in [-0.39, 0.29) is 79.6 Å². The lowest BCUT2D eigenvalue weighted by molar-refractivity contribution is -0.153. The number of terminal acetylenes is 3. The van der Waals surface area contributed by atoms with Crippen molar-refractivity contribution in [2.45, 2.75) is 97.6 Å². The third kappa shape index (κ3) is 9.40. The van der Waals surface area contributed by atoms with Gasteiger partial charge in [0.15, 0.2) is 17.3 Å². The molecule has 0 amide bonds. The normalized spacial score (nSPS) is 27.2. The number of ether oxygens (including phenoxy) is 4. The molecule has 2 heterocycles. The Morgan fingerprint density at radius 2 is 0.855 bits per heavy atom. The molecule has 0 bridgehead atoms. The van der Waals surface area contributed by atoms with Crippen molar-refractivity contribution < 1.29 is 48.0 Å². The average molecular weight is 919 g/mol. The Labute approximate surface area is 407 Å². The van der Waals surface area contributed by atoms with E-state index in [1.807, 2.05) is 36.4 Å². The first-order chi connectivity index (χ1) is 32.4. The molecule has 8 atom stereocenters. The number of carbonyl (C=O) groups is 5. The minimum atomic E-state index is -0.748. The maximum atomic E-state index is 12.4. The van der Waals surface area contributed by atoms with E-state index in [0.29, 0.717) is 47.1 Å². The van der Waals surface area contributed by atoms with Gasteiger partial charge in [-0.2, -0.15) is 0 Å². The number of cyclic esters (lactones) is 2. The summed E-state index contributed by atoms with van der Waals surface area (Å²) in [7, 11) is 8.00. The molecule has 11 rings (SSSR count). The molecule has 4 radical (unpaired) electrons. The number of ketones is 3. The minimum absolute atomic E-state index is 0. The molecule has 3 fully saturated rings. The lowest BCUT2D eigenvalue weighted by atomic mass is 9.81. The van der Waals surface area contributed by atoms with E-state index in [9.17, 15) is 24.0 Å². The highest BCUT2D eigenvalue weighted by molar-refractivity contribution is 6.75. The van der Waals surface area contributed by atoms with Crippen LogP contribution in [0.15, 0.2) is 113 Å². The Kier molecular flexibility index (Phi) is 15.7. The molecule has 10 nitrogen and oxygen atoms in total. The van der Waals surface area contributed by atoms with E-state index in [0.717, 1.165) is 53.3 Å². The van der Waals surface area contributed by atoms with E-state index >= 15 is 0 Å². The van der Waals surface area contributed by atoms with Gasteiger partial charge in [0, 0.05) is 109 Å². The molecule has 69 heavy (non-hydrogen) atoms. The van der Waals surface area contributed by atoms with Crippen LogP contribution in [0.25, 0.3) is 0 Å². The van der Waals surface area contributed by atoms with Crippen LogP contribution < -0.4 is 0 Å². The van der Waals surface area contributed by atoms with Crippen LogP contribution in [0.4, 0.5) is 0 Å². The van der Waals surface area contributed by atoms with Crippen molar-refractivity contribution in [2.24, 2.45) is 17.8 Å². The number of hydrogen-bond donors (Lipinski definition) is 1. The molecule has 0 aromatic heterocycles. The molecular formula is C57H52B2O10. The highest BCUT2D eigenvalue weighted by Gasteiger charge is 2.47. The Morgan fingerprint density at radius 1 is 0.536 bits per heavy atom. The van der Waals surface area contributed by atoms with Crippen molar-refractivity contribution in [1.29, 1.82) is 0 Å². The molecule has 2 unspecified atom stereocenters. The number of hydrogen-bond acceptors (Lipinski definition) is 10. The summed E-state index contributed by atoms with van der Waals surface area (Å²) in [6, 6.07) is 17.8. The fraction of sp³-hybridized carbons (Fsp3) is 0.316. The zero-order valence-electron chi connectivity index (χ0n) is 37.0. The number of Topliss-reactive ketones (excluding diaryl/α,β-unsaturated/α-hetero) is 3. The van der Waals surface area contributed by atoms with Gasteiger partial charge in [-0.15, -0.1) is 19.3 Å². The molecule has 1 N–H and O–H groups in total. The van der Waals surface area contributed by atoms with Gasteiger partial charge in [-0.1, -0.05) is 69.0 Å². The van der Waals surface area contributed by atoms with Crippen LogP contribution in [0, 0.1) is 54.8 Å². The third-order valence-electron chi connectivity index (χ3n) is 14.1. The lowest BCUT2D eigenvalue weighted by Gasteiger charge is -2.12. The van der Waals surface area contributed by atoms with Crippen molar-refractivity contribution in [2.75, 3.05) is 0 Å². The maximum Gasteiger partial charge on any atom is 0.336 e. The van der Waals surface area contributed by atoms with E-state index in [1.165, 1.54) is 34.8 Å². The van der Waals surface area contributed by atoms with Crippen molar-refractivity contribution in [3.05, 3.63) is 163 Å². The van der Waals surface area contributed by atoms with Gasteiger partial charge in [0.2, 0.25) is 0 Å². The molecule has 3 saturated carbocycles. The lowest BCUT2D eigenvalue weighted by Crippen LogP contribution is -2.11. The minimum Gasteiger partial charge on any atom is -0.515 e. The van der Waals surface area contributed by atoms with Crippen LogP contribution in [0.5, 0.6) is 0 Å². The number of fused-ring (bicyclic) bond motifs is 9. The number of allylic oxidation sites excluding steroid dienone is 3. The first-order valence-electron chi connectivity index (χ1n) is 21.9. The van der Waals surface area contributed by atoms with E-state index < -0.39 is 12.6 Å². The first kappa shape index (κ1) is 50.9. The van der Waals surface area contributed by atoms with Gasteiger partial charge in [0.1, 0.15) is 0 Å². The number of aliphatic hydroxyl groups excluding tert-OH is 1. The summed E-state index contributed by atoms with van der Waals surface area (Å²) in [5.74, 6) is 8.46. The van der Waals surface area contributed by atoms with Crippen molar-refractivity contribution >= 4 is 44.8 Å². The van der Waals surface area contributed by atoms with Crippen LogP contribution >= 0.6 is 0 Å². The summed E-state index contributed by atoms with van der Waals surface area (Å²) in [6.45, 7) is 3.34. The third-order valence-corrected chi connectivity index (χ3v) is 14.1. The Morgan fingerprint density at radius 3 is 1.14 bits per heavy atom. The molecule has 3 aromatic carbocycles. The Balaban J connectivity index is 0.000000167. The van der Waals surface area contributed by atoms with Crippen LogP contribution in [-0.2, 0) is 62.2 Å². The Hall–Kier alpha value is -7.48.